The fourth-order valence-electron chi connectivity index (χ4n) is 2.47. The van der Waals surface area contributed by atoms with Crippen LogP contribution >= 0.6 is 0 Å². The van der Waals surface area contributed by atoms with Crippen LogP contribution in [0.3, 0.4) is 0 Å². The number of nitrogens with zero attached hydrogens (tertiary/aromatic N) is 2. The first kappa shape index (κ1) is 16.6. The van der Waals surface area contributed by atoms with E-state index in [0.29, 0.717) is 30.0 Å². The van der Waals surface area contributed by atoms with E-state index in [2.05, 4.69) is 20.3 Å². The van der Waals surface area contributed by atoms with Crippen molar-refractivity contribution < 1.29 is 9.21 Å². The maximum absolute atomic E-state index is 12.3. The van der Waals surface area contributed by atoms with Crippen LogP contribution in [0.4, 0.5) is 0 Å². The van der Waals surface area contributed by atoms with E-state index in [9.17, 15) is 9.59 Å². The molecule has 3 aromatic rings. The number of rotatable bonds is 6. The summed E-state index contributed by atoms with van der Waals surface area (Å²) < 4.78 is 4.95. The molecule has 0 aliphatic carbocycles. The van der Waals surface area contributed by atoms with Crippen LogP contribution in [0, 0.1) is 6.92 Å². The Bertz CT molecular complexity index is 902. The number of aromatic amines is 1. The van der Waals surface area contributed by atoms with Crippen molar-refractivity contribution in [1.29, 1.82) is 0 Å². The van der Waals surface area contributed by atoms with Crippen LogP contribution in [0.25, 0.3) is 11.4 Å². The molecule has 128 valence electrons. The van der Waals surface area contributed by atoms with Crippen LogP contribution in [-0.4, -0.2) is 20.9 Å². The van der Waals surface area contributed by atoms with Gasteiger partial charge < -0.3 is 14.7 Å². The Morgan fingerprint density at radius 3 is 2.76 bits per heavy atom. The van der Waals surface area contributed by atoms with E-state index in [-0.39, 0.29) is 17.9 Å². The molecular formula is C18H18N4O3. The molecule has 0 spiro atoms. The molecule has 7 heteroatoms. The number of aromatic nitrogens is 3. The average molecular weight is 338 g/mol. The second kappa shape index (κ2) is 7.57. The van der Waals surface area contributed by atoms with Gasteiger partial charge in [0.05, 0.1) is 12.5 Å². The number of pyridine rings is 1. The topological polar surface area (TPSA) is 101 Å². The zero-order chi connectivity index (χ0) is 17.6. The van der Waals surface area contributed by atoms with Gasteiger partial charge in [-0.1, -0.05) is 0 Å². The van der Waals surface area contributed by atoms with Crippen LogP contribution in [0.15, 0.2) is 52.3 Å². The van der Waals surface area contributed by atoms with Crippen molar-refractivity contribution in [1.82, 2.24) is 20.3 Å². The second-order valence-corrected chi connectivity index (χ2v) is 5.62. The Morgan fingerprint density at radius 1 is 1.28 bits per heavy atom. The highest BCUT2D eigenvalue weighted by Gasteiger charge is 2.11. The lowest BCUT2D eigenvalue weighted by Crippen LogP contribution is -2.25. The van der Waals surface area contributed by atoms with Gasteiger partial charge in [-0.2, -0.15) is 0 Å². The van der Waals surface area contributed by atoms with Crippen LogP contribution in [0.1, 0.15) is 23.2 Å². The van der Waals surface area contributed by atoms with Gasteiger partial charge in [0.25, 0.3) is 5.56 Å². The number of aryl methyl sites for hydroxylation is 1. The van der Waals surface area contributed by atoms with Gasteiger partial charge in [0.15, 0.2) is 0 Å². The molecule has 3 heterocycles. The highest BCUT2D eigenvalue weighted by atomic mass is 16.3. The third-order valence-corrected chi connectivity index (χ3v) is 3.85. The predicted molar refractivity (Wildman–Crippen MR) is 91.7 cm³/mol. The molecule has 25 heavy (non-hydrogen) atoms. The van der Waals surface area contributed by atoms with Crippen LogP contribution in [0.2, 0.25) is 0 Å². The Labute approximate surface area is 144 Å². The summed E-state index contributed by atoms with van der Waals surface area (Å²) in [5.74, 6) is 0.372. The number of carbonyl (C=O) groups excluding carboxylic acids is 1. The summed E-state index contributed by atoms with van der Waals surface area (Å²) in [6, 6.07) is 5.35. The Hall–Kier alpha value is -3.22. The quantitative estimate of drug-likeness (QED) is 0.716. The van der Waals surface area contributed by atoms with Gasteiger partial charge in [-0.25, -0.2) is 4.98 Å². The first-order valence-corrected chi connectivity index (χ1v) is 7.91. The summed E-state index contributed by atoms with van der Waals surface area (Å²) in [5.41, 5.74) is 2.61. The zero-order valence-electron chi connectivity index (χ0n) is 13.8. The SMILES string of the molecule is Cc1nc(-c2ccncc2)[nH]c(=O)c1CCC(=O)NCc1ccoc1. The van der Waals surface area contributed by atoms with Gasteiger partial charge in [0.2, 0.25) is 5.91 Å². The minimum absolute atomic E-state index is 0.127. The summed E-state index contributed by atoms with van der Waals surface area (Å²) in [4.78, 5) is 35.4. The van der Waals surface area contributed by atoms with Gasteiger partial charge in [-0.05, 0) is 31.5 Å². The molecule has 0 unspecified atom stereocenters. The maximum Gasteiger partial charge on any atom is 0.254 e. The van der Waals surface area contributed by atoms with Gasteiger partial charge in [-0.3, -0.25) is 14.6 Å². The van der Waals surface area contributed by atoms with Crippen molar-refractivity contribution in [2.45, 2.75) is 26.3 Å². The maximum atomic E-state index is 12.3. The molecule has 0 aromatic carbocycles. The van der Waals surface area contributed by atoms with E-state index in [0.717, 1.165) is 11.1 Å². The normalized spacial score (nSPS) is 10.6. The van der Waals surface area contributed by atoms with Gasteiger partial charge >= 0.3 is 0 Å². The van der Waals surface area contributed by atoms with Gasteiger partial charge in [0.1, 0.15) is 5.82 Å². The molecule has 3 aromatic heterocycles. The van der Waals surface area contributed by atoms with Crippen molar-refractivity contribution in [2.24, 2.45) is 0 Å². The molecule has 0 atom stereocenters. The standard InChI is InChI=1S/C18H18N4O3/c1-12-15(2-3-16(23)20-10-13-6-9-25-11-13)18(24)22-17(21-12)14-4-7-19-8-5-14/h4-9,11H,2-3,10H2,1H3,(H,20,23)(H,21,22,24). The lowest BCUT2D eigenvalue weighted by atomic mass is 10.1. The molecule has 0 aliphatic heterocycles. The number of nitrogens with one attached hydrogen (secondary N) is 2. The van der Waals surface area contributed by atoms with Gasteiger partial charge in [0, 0.05) is 47.7 Å². The number of H-pyrrole nitrogens is 1. The van der Waals surface area contributed by atoms with Crippen LogP contribution in [0.5, 0.6) is 0 Å². The molecule has 3 rings (SSSR count). The number of hydrogen-bond donors (Lipinski definition) is 2. The summed E-state index contributed by atoms with van der Waals surface area (Å²) >= 11 is 0. The number of hydrogen-bond acceptors (Lipinski definition) is 5. The fraction of sp³-hybridized carbons (Fsp3) is 0.222. The van der Waals surface area contributed by atoms with Crippen molar-refractivity contribution in [3.8, 4) is 11.4 Å². The highest BCUT2D eigenvalue weighted by molar-refractivity contribution is 5.76. The van der Waals surface area contributed by atoms with E-state index in [4.69, 9.17) is 4.42 Å². The van der Waals surface area contributed by atoms with E-state index in [1.165, 1.54) is 0 Å². The molecule has 0 bridgehead atoms. The molecule has 0 saturated carbocycles. The largest absolute Gasteiger partial charge is 0.472 e. The Morgan fingerprint density at radius 2 is 2.08 bits per heavy atom. The summed E-state index contributed by atoms with van der Waals surface area (Å²) in [5, 5.41) is 2.79. The summed E-state index contributed by atoms with van der Waals surface area (Å²) in [7, 11) is 0. The number of amides is 1. The third-order valence-electron chi connectivity index (χ3n) is 3.85. The monoisotopic (exact) mass is 338 g/mol. The summed E-state index contributed by atoms with van der Waals surface area (Å²) in [6.07, 6.45) is 6.98. The number of furan rings is 1. The lowest BCUT2D eigenvalue weighted by Gasteiger charge is -2.08. The molecule has 7 nitrogen and oxygen atoms in total. The highest BCUT2D eigenvalue weighted by Crippen LogP contribution is 2.13. The minimum Gasteiger partial charge on any atom is -0.472 e. The van der Waals surface area contributed by atoms with Crippen LogP contribution in [-0.2, 0) is 17.8 Å². The second-order valence-electron chi connectivity index (χ2n) is 5.62. The molecule has 1 amide bonds. The molecule has 0 radical (unpaired) electrons. The lowest BCUT2D eigenvalue weighted by molar-refractivity contribution is -0.121. The van der Waals surface area contributed by atoms with E-state index < -0.39 is 0 Å². The summed E-state index contributed by atoms with van der Waals surface area (Å²) in [6.45, 7) is 2.18. The Balaban J connectivity index is 1.64. The number of carbonyl (C=O) groups is 1. The van der Waals surface area contributed by atoms with Crippen molar-refractivity contribution in [3.63, 3.8) is 0 Å². The minimum atomic E-state index is -0.220. The fourth-order valence-corrected chi connectivity index (χ4v) is 2.47. The van der Waals surface area contributed by atoms with Crippen LogP contribution < -0.4 is 10.9 Å². The Kier molecular flexibility index (Phi) is 5.03. The van der Waals surface area contributed by atoms with Gasteiger partial charge in [-0.15, -0.1) is 0 Å². The predicted octanol–water partition coefficient (Wildman–Crippen LogP) is 1.98. The third kappa shape index (κ3) is 4.20. The smallest absolute Gasteiger partial charge is 0.254 e. The molecule has 0 fully saturated rings. The first-order chi connectivity index (χ1) is 12.1. The van der Waals surface area contributed by atoms with E-state index in [1.807, 2.05) is 0 Å². The molecular weight excluding hydrogens is 320 g/mol. The van der Waals surface area contributed by atoms with Crippen molar-refractivity contribution >= 4 is 5.91 Å². The van der Waals surface area contributed by atoms with E-state index >= 15 is 0 Å². The molecule has 0 saturated heterocycles. The average Bonchev–Trinajstić information content (AvgIpc) is 3.13. The zero-order valence-corrected chi connectivity index (χ0v) is 13.8. The van der Waals surface area contributed by atoms with Crippen molar-refractivity contribution in [2.75, 3.05) is 0 Å². The van der Waals surface area contributed by atoms with Crippen molar-refractivity contribution in [3.05, 3.63) is 70.3 Å². The molecule has 2 N–H and O–H groups in total. The molecule has 0 aliphatic rings. The van der Waals surface area contributed by atoms with E-state index in [1.54, 1.807) is 50.0 Å². The first-order valence-electron chi connectivity index (χ1n) is 7.91.